The molecule has 158 valence electrons. The molecule has 2 aromatic heterocycles. The third-order valence-electron chi connectivity index (χ3n) is 5.46. The normalized spacial score (nSPS) is 14.4. The number of rotatable bonds is 7. The molecule has 30 heavy (non-hydrogen) atoms. The Labute approximate surface area is 177 Å². The standard InChI is InChI=1S/C23H30N6O/c1-27(2)13-9-12-24-23(30)20-16-21-25-19(18-10-5-3-6-11-18)17-22(29(21)26-20)28-14-7-4-8-15-28/h3,5-6,10-11,16-17H,4,7-9,12-15H2,1-2H3,(H,24,30). The van der Waals surface area contributed by atoms with Crippen LogP contribution in [0.1, 0.15) is 36.2 Å². The second-order valence-corrected chi connectivity index (χ2v) is 8.13. The van der Waals surface area contributed by atoms with E-state index in [4.69, 9.17) is 4.98 Å². The van der Waals surface area contributed by atoms with Gasteiger partial charge >= 0.3 is 0 Å². The minimum Gasteiger partial charge on any atom is -0.356 e. The summed E-state index contributed by atoms with van der Waals surface area (Å²) in [7, 11) is 4.06. The van der Waals surface area contributed by atoms with Gasteiger partial charge < -0.3 is 15.1 Å². The molecular weight excluding hydrogens is 376 g/mol. The molecule has 1 amide bonds. The molecule has 1 aromatic carbocycles. The van der Waals surface area contributed by atoms with Gasteiger partial charge in [-0.15, -0.1) is 0 Å². The molecule has 0 unspecified atom stereocenters. The largest absolute Gasteiger partial charge is 0.356 e. The third kappa shape index (κ3) is 4.62. The number of carbonyl (C=O) groups excluding carboxylic acids is 1. The predicted octanol–water partition coefficient (Wildman–Crippen LogP) is 3.07. The maximum absolute atomic E-state index is 12.7. The highest BCUT2D eigenvalue weighted by atomic mass is 16.1. The predicted molar refractivity (Wildman–Crippen MR) is 120 cm³/mol. The summed E-state index contributed by atoms with van der Waals surface area (Å²) in [6.07, 6.45) is 4.51. The fourth-order valence-electron chi connectivity index (χ4n) is 3.86. The Morgan fingerprint density at radius 2 is 1.87 bits per heavy atom. The molecule has 7 heteroatoms. The molecule has 3 aromatic rings. The summed E-state index contributed by atoms with van der Waals surface area (Å²) in [5, 5.41) is 7.60. The Kier molecular flexibility index (Phi) is 6.28. The Morgan fingerprint density at radius 1 is 1.10 bits per heavy atom. The number of carbonyl (C=O) groups is 1. The number of aromatic nitrogens is 3. The molecule has 0 bridgehead atoms. The van der Waals surface area contributed by atoms with Crippen molar-refractivity contribution < 1.29 is 4.79 Å². The van der Waals surface area contributed by atoms with Crippen LogP contribution >= 0.6 is 0 Å². The maximum Gasteiger partial charge on any atom is 0.271 e. The van der Waals surface area contributed by atoms with Crippen molar-refractivity contribution in [1.29, 1.82) is 0 Å². The van der Waals surface area contributed by atoms with E-state index in [0.29, 0.717) is 17.9 Å². The van der Waals surface area contributed by atoms with Gasteiger partial charge in [-0.05, 0) is 46.3 Å². The van der Waals surface area contributed by atoms with Gasteiger partial charge in [0, 0.05) is 37.3 Å². The minimum absolute atomic E-state index is 0.148. The van der Waals surface area contributed by atoms with Crippen molar-refractivity contribution in [3.05, 3.63) is 48.2 Å². The summed E-state index contributed by atoms with van der Waals surface area (Å²) in [5.74, 6) is 0.857. The van der Waals surface area contributed by atoms with Crippen LogP contribution in [0.4, 0.5) is 5.82 Å². The van der Waals surface area contributed by atoms with Crippen LogP contribution in [0.15, 0.2) is 42.5 Å². The first-order chi connectivity index (χ1) is 14.6. The number of anilines is 1. The Morgan fingerprint density at radius 3 is 2.60 bits per heavy atom. The summed E-state index contributed by atoms with van der Waals surface area (Å²) in [5.41, 5.74) is 3.09. The molecule has 1 fully saturated rings. The van der Waals surface area contributed by atoms with Crippen LogP contribution in [0.25, 0.3) is 16.9 Å². The highest BCUT2D eigenvalue weighted by Crippen LogP contribution is 2.27. The van der Waals surface area contributed by atoms with Gasteiger partial charge in [0.25, 0.3) is 5.91 Å². The van der Waals surface area contributed by atoms with Crippen molar-refractivity contribution >= 4 is 17.4 Å². The number of amides is 1. The van der Waals surface area contributed by atoms with Gasteiger partial charge in [0.15, 0.2) is 11.3 Å². The van der Waals surface area contributed by atoms with Crippen LogP contribution in [-0.4, -0.2) is 65.7 Å². The molecule has 0 atom stereocenters. The minimum atomic E-state index is -0.148. The first-order valence-electron chi connectivity index (χ1n) is 10.8. The second kappa shape index (κ2) is 9.26. The van der Waals surface area contributed by atoms with E-state index < -0.39 is 0 Å². The molecule has 0 aliphatic carbocycles. The average molecular weight is 407 g/mol. The first kappa shape index (κ1) is 20.3. The quantitative estimate of drug-likeness (QED) is 0.611. The van der Waals surface area contributed by atoms with Gasteiger partial charge in [-0.3, -0.25) is 4.79 Å². The smallest absolute Gasteiger partial charge is 0.271 e. The van der Waals surface area contributed by atoms with Crippen LogP contribution in [0.3, 0.4) is 0 Å². The van der Waals surface area contributed by atoms with Crippen molar-refractivity contribution in [3.63, 3.8) is 0 Å². The molecule has 1 aliphatic heterocycles. The van der Waals surface area contributed by atoms with Crippen molar-refractivity contribution in [1.82, 2.24) is 24.8 Å². The average Bonchev–Trinajstić information content (AvgIpc) is 3.21. The van der Waals surface area contributed by atoms with E-state index in [1.165, 1.54) is 19.3 Å². The zero-order valence-corrected chi connectivity index (χ0v) is 17.8. The zero-order valence-electron chi connectivity index (χ0n) is 17.8. The Hall–Kier alpha value is -2.93. The number of benzene rings is 1. The zero-order chi connectivity index (χ0) is 20.9. The molecule has 7 nitrogen and oxygen atoms in total. The van der Waals surface area contributed by atoms with Gasteiger partial charge in [0.2, 0.25) is 0 Å². The van der Waals surface area contributed by atoms with Crippen molar-refractivity contribution in [3.8, 4) is 11.3 Å². The second-order valence-electron chi connectivity index (χ2n) is 8.13. The molecule has 1 saturated heterocycles. The van der Waals surface area contributed by atoms with Crippen molar-refractivity contribution in [2.75, 3.05) is 45.2 Å². The van der Waals surface area contributed by atoms with Crippen molar-refractivity contribution in [2.45, 2.75) is 25.7 Å². The number of nitrogens with one attached hydrogen (secondary N) is 1. The summed E-state index contributed by atoms with van der Waals surface area (Å²) in [6, 6.07) is 14.1. The molecule has 0 saturated carbocycles. The number of piperidine rings is 1. The van der Waals surface area contributed by atoms with Gasteiger partial charge in [0.05, 0.1) is 5.69 Å². The SMILES string of the molecule is CN(C)CCCNC(=O)c1cc2nc(-c3ccccc3)cc(N3CCCCC3)n2n1. The van der Waals surface area contributed by atoms with Crippen molar-refractivity contribution in [2.24, 2.45) is 0 Å². The topological polar surface area (TPSA) is 65.8 Å². The molecule has 3 heterocycles. The van der Waals surface area contributed by atoms with Crippen LogP contribution in [0.5, 0.6) is 0 Å². The monoisotopic (exact) mass is 406 g/mol. The van der Waals surface area contributed by atoms with Crippen LogP contribution in [0, 0.1) is 0 Å². The van der Waals surface area contributed by atoms with E-state index in [-0.39, 0.29) is 5.91 Å². The van der Waals surface area contributed by atoms with Gasteiger partial charge in [-0.25, -0.2) is 4.98 Å². The van der Waals surface area contributed by atoms with E-state index in [9.17, 15) is 4.79 Å². The number of hydrogen-bond acceptors (Lipinski definition) is 5. The summed E-state index contributed by atoms with van der Waals surface area (Å²) < 4.78 is 1.83. The summed E-state index contributed by atoms with van der Waals surface area (Å²) in [6.45, 7) is 3.57. The number of fused-ring (bicyclic) bond motifs is 1. The van der Waals surface area contributed by atoms with Crippen LogP contribution in [-0.2, 0) is 0 Å². The lowest BCUT2D eigenvalue weighted by Crippen LogP contribution is -2.31. The van der Waals surface area contributed by atoms with E-state index in [1.807, 2.05) is 36.8 Å². The summed E-state index contributed by atoms with van der Waals surface area (Å²) >= 11 is 0. The van der Waals surface area contributed by atoms with Crippen LogP contribution in [0.2, 0.25) is 0 Å². The molecule has 4 rings (SSSR count). The fraction of sp³-hybridized carbons (Fsp3) is 0.435. The van der Waals surface area contributed by atoms with Gasteiger partial charge in [0.1, 0.15) is 5.82 Å². The third-order valence-corrected chi connectivity index (χ3v) is 5.46. The lowest BCUT2D eigenvalue weighted by Gasteiger charge is -2.29. The highest BCUT2D eigenvalue weighted by Gasteiger charge is 2.20. The molecule has 1 aliphatic rings. The van der Waals surface area contributed by atoms with E-state index in [0.717, 1.165) is 43.1 Å². The molecular formula is C23H30N6O. The van der Waals surface area contributed by atoms with E-state index in [2.05, 4.69) is 38.4 Å². The molecule has 0 spiro atoms. The lowest BCUT2D eigenvalue weighted by molar-refractivity contribution is 0.0947. The Balaban J connectivity index is 1.65. The van der Waals surface area contributed by atoms with E-state index in [1.54, 1.807) is 6.07 Å². The summed E-state index contributed by atoms with van der Waals surface area (Å²) in [4.78, 5) is 21.9. The maximum atomic E-state index is 12.7. The number of nitrogens with zero attached hydrogens (tertiary/aromatic N) is 5. The van der Waals surface area contributed by atoms with Gasteiger partial charge in [-0.1, -0.05) is 30.3 Å². The lowest BCUT2D eigenvalue weighted by atomic mass is 10.1. The van der Waals surface area contributed by atoms with Gasteiger partial charge in [-0.2, -0.15) is 9.61 Å². The Bertz CT molecular complexity index is 992. The fourth-order valence-corrected chi connectivity index (χ4v) is 3.86. The highest BCUT2D eigenvalue weighted by molar-refractivity contribution is 5.93. The molecule has 0 radical (unpaired) electrons. The van der Waals surface area contributed by atoms with E-state index >= 15 is 0 Å². The first-order valence-corrected chi connectivity index (χ1v) is 10.8. The molecule has 1 N–H and O–H groups in total. The van der Waals surface area contributed by atoms with Crippen LogP contribution < -0.4 is 10.2 Å². The number of hydrogen-bond donors (Lipinski definition) is 1.